The normalized spacial score (nSPS) is 16.0. The monoisotopic (exact) mass is 414 g/mol. The van der Waals surface area contributed by atoms with E-state index in [4.69, 9.17) is 4.74 Å². The van der Waals surface area contributed by atoms with Gasteiger partial charge in [0.1, 0.15) is 12.3 Å². The summed E-state index contributed by atoms with van der Waals surface area (Å²) in [6.07, 6.45) is 1.91. The van der Waals surface area contributed by atoms with Crippen LogP contribution in [0.3, 0.4) is 0 Å². The third kappa shape index (κ3) is 2.98. The zero-order chi connectivity index (χ0) is 18.3. The van der Waals surface area contributed by atoms with Gasteiger partial charge in [-0.25, -0.2) is 0 Å². The van der Waals surface area contributed by atoms with Crippen molar-refractivity contribution in [3.05, 3.63) is 52.0 Å². The minimum Gasteiger partial charge on any atom is -0.482 e. The Bertz CT molecular complexity index is 897. The van der Waals surface area contributed by atoms with Crippen molar-refractivity contribution in [3.8, 4) is 5.75 Å². The number of hydrogen-bond donors (Lipinski definition) is 0. The number of ether oxygens (including phenoxy) is 1. The Morgan fingerprint density at radius 3 is 2.96 bits per heavy atom. The molecule has 0 spiro atoms. The molecule has 2 heterocycles. The van der Waals surface area contributed by atoms with Crippen LogP contribution in [-0.4, -0.2) is 31.5 Å². The van der Waals surface area contributed by atoms with Gasteiger partial charge in [0.05, 0.1) is 5.69 Å². The Balaban J connectivity index is 1.63. The fourth-order valence-corrected chi connectivity index (χ4v) is 4.01. The average Bonchev–Trinajstić information content (AvgIpc) is 2.64. The summed E-state index contributed by atoms with van der Waals surface area (Å²) < 4.78 is 6.38. The first-order valence-electron chi connectivity index (χ1n) is 8.66. The van der Waals surface area contributed by atoms with E-state index in [1.54, 1.807) is 6.07 Å². The fourth-order valence-electron chi connectivity index (χ4n) is 3.67. The summed E-state index contributed by atoms with van der Waals surface area (Å²) in [5.74, 6) is 0.349. The Labute approximate surface area is 160 Å². The van der Waals surface area contributed by atoms with E-state index >= 15 is 0 Å². The van der Waals surface area contributed by atoms with Crippen LogP contribution >= 0.6 is 15.9 Å². The minimum absolute atomic E-state index is 0.0185. The molecule has 5 nitrogen and oxygen atoms in total. The van der Waals surface area contributed by atoms with E-state index < -0.39 is 0 Å². The van der Waals surface area contributed by atoms with Crippen molar-refractivity contribution in [3.63, 3.8) is 0 Å². The summed E-state index contributed by atoms with van der Waals surface area (Å²) in [7, 11) is 0. The summed E-state index contributed by atoms with van der Waals surface area (Å²) in [4.78, 5) is 28.8. The van der Waals surface area contributed by atoms with Crippen LogP contribution in [0.5, 0.6) is 5.75 Å². The maximum atomic E-state index is 13.1. The summed E-state index contributed by atoms with van der Waals surface area (Å²) in [6, 6.07) is 11.6. The third-order valence-electron chi connectivity index (χ3n) is 4.88. The summed E-state index contributed by atoms with van der Waals surface area (Å²) >= 11 is 3.41. The number of carbonyl (C=O) groups excluding carboxylic acids is 2. The molecule has 0 aromatic heterocycles. The Hall–Kier alpha value is -2.34. The summed E-state index contributed by atoms with van der Waals surface area (Å²) in [5, 5.41) is 0. The number of benzene rings is 2. The molecule has 0 bridgehead atoms. The zero-order valence-electron chi connectivity index (χ0n) is 14.5. The third-order valence-corrected chi connectivity index (χ3v) is 5.37. The lowest BCUT2D eigenvalue weighted by molar-refractivity contribution is -0.124. The van der Waals surface area contributed by atoms with E-state index in [-0.39, 0.29) is 25.0 Å². The van der Waals surface area contributed by atoms with Gasteiger partial charge in [0, 0.05) is 16.7 Å². The van der Waals surface area contributed by atoms with Crippen molar-refractivity contribution in [2.24, 2.45) is 0 Å². The van der Waals surface area contributed by atoms with Gasteiger partial charge in [-0.1, -0.05) is 34.1 Å². The predicted molar refractivity (Wildman–Crippen MR) is 104 cm³/mol. The molecule has 0 aliphatic carbocycles. The van der Waals surface area contributed by atoms with Crippen molar-refractivity contribution in [1.29, 1.82) is 0 Å². The molecule has 0 N–H and O–H groups in total. The van der Waals surface area contributed by atoms with Gasteiger partial charge in [0.2, 0.25) is 5.91 Å². The van der Waals surface area contributed by atoms with Crippen LogP contribution in [0, 0.1) is 6.92 Å². The fraction of sp³-hybridized carbons (Fsp3) is 0.300. The molecule has 0 unspecified atom stereocenters. The maximum absolute atomic E-state index is 13.1. The van der Waals surface area contributed by atoms with Crippen molar-refractivity contribution in [2.75, 3.05) is 29.5 Å². The van der Waals surface area contributed by atoms with E-state index in [1.165, 1.54) is 10.5 Å². The van der Waals surface area contributed by atoms with Gasteiger partial charge in [-0.05, 0) is 49.1 Å². The number of rotatable bonds is 2. The molecule has 2 amide bonds. The highest BCUT2D eigenvalue weighted by atomic mass is 79.9. The zero-order valence-corrected chi connectivity index (χ0v) is 16.1. The van der Waals surface area contributed by atoms with Crippen molar-refractivity contribution in [2.45, 2.75) is 19.8 Å². The lowest BCUT2D eigenvalue weighted by Gasteiger charge is -2.34. The number of amides is 2. The molecular formula is C20H19BrN2O3. The number of halogens is 1. The molecule has 0 fully saturated rings. The van der Waals surface area contributed by atoms with Crippen molar-refractivity contribution < 1.29 is 14.3 Å². The molecule has 2 aromatic carbocycles. The second kappa shape index (κ2) is 6.76. The molecule has 2 aromatic rings. The van der Waals surface area contributed by atoms with Crippen LogP contribution in [0.25, 0.3) is 0 Å². The van der Waals surface area contributed by atoms with E-state index in [0.29, 0.717) is 18.0 Å². The highest BCUT2D eigenvalue weighted by Crippen LogP contribution is 2.35. The lowest BCUT2D eigenvalue weighted by Crippen LogP contribution is -2.47. The van der Waals surface area contributed by atoms with Crippen LogP contribution in [0.2, 0.25) is 0 Å². The van der Waals surface area contributed by atoms with Crippen LogP contribution < -0.4 is 14.5 Å². The number of fused-ring (bicyclic) bond motifs is 2. The minimum atomic E-state index is -0.199. The lowest BCUT2D eigenvalue weighted by atomic mass is 9.98. The second-order valence-electron chi connectivity index (χ2n) is 6.61. The molecule has 26 heavy (non-hydrogen) atoms. The molecule has 0 radical (unpaired) electrons. The number of anilines is 2. The standard InChI is InChI=1S/C20H19BrN2O3/c1-13-4-2-5-14-6-3-9-22(20(13)14)18(24)11-23-16-8-7-15(21)10-17(16)26-12-19(23)25/h2,4-5,7-8,10H,3,6,9,11-12H2,1H3. The highest BCUT2D eigenvalue weighted by Gasteiger charge is 2.31. The van der Waals surface area contributed by atoms with Crippen molar-refractivity contribution in [1.82, 2.24) is 0 Å². The van der Waals surface area contributed by atoms with Crippen LogP contribution in [0.15, 0.2) is 40.9 Å². The molecule has 0 saturated heterocycles. The van der Waals surface area contributed by atoms with Gasteiger partial charge in [0.15, 0.2) is 6.61 Å². The molecule has 6 heteroatoms. The smallest absolute Gasteiger partial charge is 0.265 e. The Morgan fingerprint density at radius 1 is 1.27 bits per heavy atom. The Morgan fingerprint density at radius 2 is 2.12 bits per heavy atom. The van der Waals surface area contributed by atoms with Gasteiger partial charge in [-0.3, -0.25) is 14.5 Å². The number of carbonyl (C=O) groups is 2. The molecule has 134 valence electrons. The van der Waals surface area contributed by atoms with Gasteiger partial charge in [-0.2, -0.15) is 0 Å². The molecule has 2 aliphatic heterocycles. The topological polar surface area (TPSA) is 49.9 Å². The van der Waals surface area contributed by atoms with Gasteiger partial charge < -0.3 is 9.64 Å². The maximum Gasteiger partial charge on any atom is 0.265 e. The van der Waals surface area contributed by atoms with Crippen molar-refractivity contribution >= 4 is 39.1 Å². The van der Waals surface area contributed by atoms with E-state index in [2.05, 4.69) is 22.0 Å². The highest BCUT2D eigenvalue weighted by molar-refractivity contribution is 9.10. The number of hydrogen-bond acceptors (Lipinski definition) is 3. The van der Waals surface area contributed by atoms with Gasteiger partial charge in [0.25, 0.3) is 5.91 Å². The SMILES string of the molecule is Cc1cccc2c1N(C(=O)CN1C(=O)COc3cc(Br)ccc31)CCC2. The first kappa shape index (κ1) is 17.1. The first-order valence-corrected chi connectivity index (χ1v) is 9.45. The van der Waals surface area contributed by atoms with Crippen LogP contribution in [0.4, 0.5) is 11.4 Å². The second-order valence-corrected chi connectivity index (χ2v) is 7.53. The first-order chi connectivity index (χ1) is 12.5. The van der Waals surface area contributed by atoms with Gasteiger partial charge >= 0.3 is 0 Å². The number of para-hydroxylation sites is 1. The molecule has 4 rings (SSSR count). The predicted octanol–water partition coefficient (Wildman–Crippen LogP) is 3.46. The van der Waals surface area contributed by atoms with E-state index in [1.807, 2.05) is 36.1 Å². The quantitative estimate of drug-likeness (QED) is 0.755. The van der Waals surface area contributed by atoms with Crippen LogP contribution in [-0.2, 0) is 16.0 Å². The summed E-state index contributed by atoms with van der Waals surface area (Å²) in [5.41, 5.74) is 3.93. The molecule has 0 saturated carbocycles. The largest absolute Gasteiger partial charge is 0.482 e. The van der Waals surface area contributed by atoms with Gasteiger partial charge in [-0.15, -0.1) is 0 Å². The summed E-state index contributed by atoms with van der Waals surface area (Å²) in [6.45, 7) is 2.68. The van der Waals surface area contributed by atoms with Crippen LogP contribution in [0.1, 0.15) is 17.5 Å². The molecule has 2 aliphatic rings. The molecule has 0 atom stereocenters. The van der Waals surface area contributed by atoms with E-state index in [9.17, 15) is 9.59 Å². The molecular weight excluding hydrogens is 396 g/mol. The average molecular weight is 415 g/mol. The number of nitrogens with zero attached hydrogens (tertiary/aromatic N) is 2. The number of aryl methyl sites for hydroxylation is 2. The Kier molecular flexibility index (Phi) is 4.44. The van der Waals surface area contributed by atoms with E-state index in [0.717, 1.165) is 28.6 Å².